The minimum Gasteiger partial charge on any atom is -0.492 e. The Kier molecular flexibility index (Phi) is 9.86. The molecule has 1 aliphatic heterocycles. The van der Waals surface area contributed by atoms with Crippen molar-refractivity contribution in [2.24, 2.45) is 4.99 Å². The number of hydrogen-bond acceptors (Lipinski definition) is 5. The van der Waals surface area contributed by atoms with E-state index in [1.165, 1.54) is 0 Å². The van der Waals surface area contributed by atoms with Gasteiger partial charge in [0.1, 0.15) is 12.4 Å². The van der Waals surface area contributed by atoms with Gasteiger partial charge in [0.2, 0.25) is 0 Å². The molecule has 26 heavy (non-hydrogen) atoms. The van der Waals surface area contributed by atoms with Gasteiger partial charge in [-0.1, -0.05) is 12.1 Å². The zero-order valence-electron chi connectivity index (χ0n) is 16.0. The lowest BCUT2D eigenvalue weighted by Crippen LogP contribution is -2.38. The molecule has 146 valence electrons. The molecule has 7 nitrogen and oxygen atoms in total. The van der Waals surface area contributed by atoms with E-state index in [1.807, 2.05) is 19.1 Å². The fourth-order valence-electron chi connectivity index (χ4n) is 2.65. The van der Waals surface area contributed by atoms with Gasteiger partial charge >= 0.3 is 0 Å². The molecule has 0 saturated carbocycles. The van der Waals surface area contributed by atoms with E-state index in [0.717, 1.165) is 63.3 Å². The first-order valence-electron chi connectivity index (χ1n) is 9.36. The molecule has 0 spiro atoms. The summed E-state index contributed by atoms with van der Waals surface area (Å²) >= 11 is 0. The van der Waals surface area contributed by atoms with E-state index in [9.17, 15) is 0 Å². The quantitative estimate of drug-likeness (QED) is 0.368. The fraction of sp³-hybridized carbons (Fsp3) is 0.632. The van der Waals surface area contributed by atoms with Crippen molar-refractivity contribution in [3.63, 3.8) is 0 Å². The zero-order valence-corrected chi connectivity index (χ0v) is 16.0. The van der Waals surface area contributed by atoms with Crippen LogP contribution in [0, 0.1) is 0 Å². The lowest BCUT2D eigenvalue weighted by atomic mass is 10.2. The number of guanidine groups is 1. The van der Waals surface area contributed by atoms with Crippen molar-refractivity contribution < 1.29 is 14.2 Å². The summed E-state index contributed by atoms with van der Waals surface area (Å²) in [6.07, 6.45) is 0. The maximum atomic E-state index is 5.90. The maximum Gasteiger partial charge on any atom is 0.191 e. The summed E-state index contributed by atoms with van der Waals surface area (Å²) < 4.78 is 16.6. The summed E-state index contributed by atoms with van der Waals surface area (Å²) in [6.45, 7) is 10.1. The molecule has 0 unspecified atom stereocenters. The van der Waals surface area contributed by atoms with Crippen LogP contribution in [0.25, 0.3) is 0 Å². The Bertz CT molecular complexity index is 533. The summed E-state index contributed by atoms with van der Waals surface area (Å²) in [5, 5.41) is 6.53. The average Bonchev–Trinajstić information content (AvgIpc) is 2.69. The van der Waals surface area contributed by atoms with Crippen LogP contribution in [0.15, 0.2) is 29.3 Å². The van der Waals surface area contributed by atoms with Crippen LogP contribution in [0.4, 0.5) is 0 Å². The molecule has 0 amide bonds. The molecule has 1 aliphatic rings. The molecule has 1 fully saturated rings. The van der Waals surface area contributed by atoms with Gasteiger partial charge in [-0.2, -0.15) is 0 Å². The maximum absolute atomic E-state index is 5.90. The van der Waals surface area contributed by atoms with Crippen LogP contribution < -0.4 is 15.4 Å². The molecule has 1 aromatic rings. The number of ether oxygens (including phenoxy) is 3. The fourth-order valence-corrected chi connectivity index (χ4v) is 2.65. The first-order valence-corrected chi connectivity index (χ1v) is 9.36. The van der Waals surface area contributed by atoms with Gasteiger partial charge in [-0.3, -0.25) is 9.89 Å². The highest BCUT2D eigenvalue weighted by atomic mass is 16.5. The molecule has 0 aromatic heterocycles. The normalized spacial score (nSPS) is 15.7. The highest BCUT2D eigenvalue weighted by Gasteiger charge is 2.09. The van der Waals surface area contributed by atoms with Crippen LogP contribution in [-0.2, 0) is 16.0 Å². The number of nitrogens with zero attached hydrogens (tertiary/aromatic N) is 2. The molecule has 0 bridgehead atoms. The van der Waals surface area contributed by atoms with Crippen molar-refractivity contribution in [2.75, 3.05) is 66.3 Å². The van der Waals surface area contributed by atoms with Gasteiger partial charge in [0.15, 0.2) is 5.96 Å². The number of nitrogens with one attached hydrogen (secondary N) is 2. The van der Waals surface area contributed by atoms with Crippen LogP contribution >= 0.6 is 0 Å². The number of aliphatic imine (C=N–C) groups is 1. The highest BCUT2D eigenvalue weighted by Crippen LogP contribution is 2.13. The second-order valence-electron chi connectivity index (χ2n) is 6.00. The Morgan fingerprint density at radius 3 is 2.85 bits per heavy atom. The lowest BCUT2D eigenvalue weighted by Gasteiger charge is -2.26. The minimum atomic E-state index is 0.670. The molecular formula is C19H32N4O3. The zero-order chi connectivity index (χ0) is 18.5. The molecule has 1 saturated heterocycles. The molecule has 7 heteroatoms. The average molecular weight is 364 g/mol. The molecule has 0 atom stereocenters. The first kappa shape index (κ1) is 20.5. The van der Waals surface area contributed by atoms with E-state index < -0.39 is 0 Å². The Morgan fingerprint density at radius 2 is 2.08 bits per heavy atom. The third-order valence-corrected chi connectivity index (χ3v) is 4.10. The first-order chi connectivity index (χ1) is 12.8. The Morgan fingerprint density at radius 1 is 1.23 bits per heavy atom. The monoisotopic (exact) mass is 364 g/mol. The van der Waals surface area contributed by atoms with E-state index in [4.69, 9.17) is 14.2 Å². The molecular weight excluding hydrogens is 332 g/mol. The summed E-state index contributed by atoms with van der Waals surface area (Å²) in [4.78, 5) is 6.58. The molecule has 2 N–H and O–H groups in total. The minimum absolute atomic E-state index is 0.670. The third kappa shape index (κ3) is 8.03. The van der Waals surface area contributed by atoms with E-state index in [1.54, 1.807) is 7.05 Å². The standard InChI is InChI=1S/C19H32N4O3/c1-3-24-11-7-21-19(20-2)22-16-17-5-4-6-18(15-17)26-14-10-23-8-12-25-13-9-23/h4-6,15H,3,7-14,16H2,1-2H3,(H2,20,21,22). The van der Waals surface area contributed by atoms with Crippen LogP contribution in [0.5, 0.6) is 5.75 Å². The molecule has 1 heterocycles. The second kappa shape index (κ2) is 12.5. The van der Waals surface area contributed by atoms with Crippen molar-refractivity contribution in [2.45, 2.75) is 13.5 Å². The number of rotatable bonds is 10. The molecule has 0 radical (unpaired) electrons. The van der Waals surface area contributed by atoms with Crippen molar-refractivity contribution in [1.82, 2.24) is 15.5 Å². The van der Waals surface area contributed by atoms with Crippen molar-refractivity contribution >= 4 is 5.96 Å². The van der Waals surface area contributed by atoms with Gasteiger partial charge in [-0.05, 0) is 24.6 Å². The highest BCUT2D eigenvalue weighted by molar-refractivity contribution is 5.79. The summed E-state index contributed by atoms with van der Waals surface area (Å²) in [5.41, 5.74) is 1.15. The Hall–Kier alpha value is -1.83. The van der Waals surface area contributed by atoms with Gasteiger partial charge in [0, 0.05) is 46.4 Å². The summed E-state index contributed by atoms with van der Waals surface area (Å²) in [7, 11) is 1.77. The van der Waals surface area contributed by atoms with Crippen molar-refractivity contribution in [3.8, 4) is 5.75 Å². The Balaban J connectivity index is 1.70. The molecule has 1 aromatic carbocycles. The van der Waals surface area contributed by atoms with E-state index >= 15 is 0 Å². The number of hydrogen-bond donors (Lipinski definition) is 2. The Labute approximate surface area is 156 Å². The lowest BCUT2D eigenvalue weighted by molar-refractivity contribution is 0.0322. The smallest absolute Gasteiger partial charge is 0.191 e. The number of morpholine rings is 1. The molecule has 0 aliphatic carbocycles. The molecule has 2 rings (SSSR count). The predicted molar refractivity (Wildman–Crippen MR) is 104 cm³/mol. The number of benzene rings is 1. The topological polar surface area (TPSA) is 67.3 Å². The van der Waals surface area contributed by atoms with Crippen molar-refractivity contribution in [1.29, 1.82) is 0 Å². The SMILES string of the molecule is CCOCCNC(=NC)NCc1cccc(OCCN2CCOCC2)c1. The van der Waals surface area contributed by atoms with Crippen LogP contribution in [0.3, 0.4) is 0 Å². The van der Waals surface area contributed by atoms with Gasteiger partial charge in [0.05, 0.1) is 19.8 Å². The van der Waals surface area contributed by atoms with E-state index in [-0.39, 0.29) is 0 Å². The summed E-state index contributed by atoms with van der Waals surface area (Å²) in [5.74, 6) is 1.67. The predicted octanol–water partition coefficient (Wildman–Crippen LogP) is 1.10. The van der Waals surface area contributed by atoms with Gasteiger partial charge in [0.25, 0.3) is 0 Å². The van der Waals surface area contributed by atoms with Crippen LogP contribution in [0.1, 0.15) is 12.5 Å². The van der Waals surface area contributed by atoms with Gasteiger partial charge < -0.3 is 24.8 Å². The van der Waals surface area contributed by atoms with Crippen molar-refractivity contribution in [3.05, 3.63) is 29.8 Å². The van der Waals surface area contributed by atoms with Crippen LogP contribution in [0.2, 0.25) is 0 Å². The van der Waals surface area contributed by atoms with E-state index in [0.29, 0.717) is 19.8 Å². The van der Waals surface area contributed by atoms with Gasteiger partial charge in [-0.25, -0.2) is 0 Å². The van der Waals surface area contributed by atoms with Crippen LogP contribution in [-0.4, -0.2) is 77.1 Å². The summed E-state index contributed by atoms with van der Waals surface area (Å²) in [6, 6.07) is 8.17. The largest absolute Gasteiger partial charge is 0.492 e. The van der Waals surface area contributed by atoms with E-state index in [2.05, 4.69) is 32.7 Å². The second-order valence-corrected chi connectivity index (χ2v) is 6.00. The van der Waals surface area contributed by atoms with Gasteiger partial charge in [-0.15, -0.1) is 0 Å². The third-order valence-electron chi connectivity index (χ3n) is 4.10.